The summed E-state index contributed by atoms with van der Waals surface area (Å²) in [6, 6.07) is 14.0. The van der Waals surface area contributed by atoms with Gasteiger partial charge in [0.25, 0.3) is 5.91 Å². The number of halogens is 1. The van der Waals surface area contributed by atoms with Gasteiger partial charge in [-0.05, 0) is 63.6 Å². The molecule has 3 aliphatic rings. The van der Waals surface area contributed by atoms with Gasteiger partial charge in [0.2, 0.25) is 5.95 Å². The number of likely N-dealkylation sites (N-methyl/N-ethyl adjacent to an activating group) is 1. The van der Waals surface area contributed by atoms with Crippen molar-refractivity contribution in [1.29, 1.82) is 0 Å². The van der Waals surface area contributed by atoms with Gasteiger partial charge in [0, 0.05) is 53.9 Å². The van der Waals surface area contributed by atoms with Gasteiger partial charge in [-0.2, -0.15) is 0 Å². The first-order valence-electron chi connectivity index (χ1n) is 13.8. The highest BCUT2D eigenvalue weighted by atomic mass is 35.5. The van der Waals surface area contributed by atoms with Gasteiger partial charge >= 0.3 is 0 Å². The largest absolute Gasteiger partial charge is 0.338 e. The van der Waals surface area contributed by atoms with Crippen LogP contribution in [0.15, 0.2) is 54.7 Å². The van der Waals surface area contributed by atoms with Crippen molar-refractivity contribution < 1.29 is 9.59 Å². The highest BCUT2D eigenvalue weighted by Gasteiger charge is 2.52. The third kappa shape index (κ3) is 4.23. The molecule has 0 N–H and O–H groups in total. The molecular weight excluding hydrogens is 522 g/mol. The highest BCUT2D eigenvalue weighted by molar-refractivity contribution is 6.37. The van der Waals surface area contributed by atoms with E-state index in [0.717, 1.165) is 55.0 Å². The Morgan fingerprint density at radius 2 is 1.73 bits per heavy atom. The van der Waals surface area contributed by atoms with Gasteiger partial charge in [0.1, 0.15) is 0 Å². The van der Waals surface area contributed by atoms with Gasteiger partial charge in [-0.15, -0.1) is 0 Å². The van der Waals surface area contributed by atoms with Gasteiger partial charge < -0.3 is 14.7 Å². The Morgan fingerprint density at radius 1 is 1.02 bits per heavy atom. The Morgan fingerprint density at radius 3 is 2.40 bits per heavy atom. The Balaban J connectivity index is 1.39. The summed E-state index contributed by atoms with van der Waals surface area (Å²) in [7, 11) is 2.10. The first-order valence-corrected chi connectivity index (χ1v) is 14.1. The maximum atomic E-state index is 14.0. The second-order valence-electron chi connectivity index (χ2n) is 12.1. The molecule has 1 saturated heterocycles. The zero-order valence-corrected chi connectivity index (χ0v) is 24.4. The normalized spacial score (nSPS) is 23.1. The van der Waals surface area contributed by atoms with Crippen molar-refractivity contribution in [2.45, 2.75) is 45.1 Å². The number of ketones is 1. The number of para-hydroxylation sites is 1. The van der Waals surface area contributed by atoms with E-state index < -0.39 is 5.54 Å². The van der Waals surface area contributed by atoms with Gasteiger partial charge in [0.15, 0.2) is 5.78 Å². The molecule has 1 atom stereocenters. The zero-order valence-electron chi connectivity index (χ0n) is 23.7. The lowest BCUT2D eigenvalue weighted by atomic mass is 9.65. The van der Waals surface area contributed by atoms with Crippen molar-refractivity contribution in [1.82, 2.24) is 14.9 Å². The van der Waals surface area contributed by atoms with E-state index in [1.54, 1.807) is 6.20 Å². The molecule has 3 aliphatic heterocycles. The van der Waals surface area contributed by atoms with Crippen molar-refractivity contribution >= 4 is 40.5 Å². The molecule has 3 aromatic rings. The Hall–Kier alpha value is -3.55. The number of aryl methyl sites for hydroxylation is 1. The van der Waals surface area contributed by atoms with Crippen LogP contribution in [0.5, 0.6) is 0 Å². The van der Waals surface area contributed by atoms with E-state index in [1.165, 1.54) is 6.08 Å². The first kappa shape index (κ1) is 26.7. The molecule has 0 radical (unpaired) electrons. The fourth-order valence-corrected chi connectivity index (χ4v) is 6.81. The number of aromatic nitrogens is 2. The van der Waals surface area contributed by atoms with Crippen molar-refractivity contribution in [2.24, 2.45) is 0 Å². The minimum Gasteiger partial charge on any atom is -0.338 e. The minimum absolute atomic E-state index is 0.147. The summed E-state index contributed by atoms with van der Waals surface area (Å²) >= 11 is 6.21. The number of hydrogen-bond acceptors (Lipinski definition) is 6. The van der Waals surface area contributed by atoms with Crippen LogP contribution in [0.25, 0.3) is 5.57 Å². The summed E-state index contributed by atoms with van der Waals surface area (Å²) in [5.74, 6) is 0.232. The monoisotopic (exact) mass is 555 g/mol. The molecule has 2 aromatic carbocycles. The van der Waals surface area contributed by atoms with E-state index in [1.807, 2.05) is 36.1 Å². The molecule has 1 unspecified atom stereocenters. The van der Waals surface area contributed by atoms with Crippen LogP contribution in [-0.2, 0) is 10.2 Å². The van der Waals surface area contributed by atoms with Crippen LogP contribution >= 0.6 is 11.6 Å². The molecule has 8 heteroatoms. The molecule has 206 valence electrons. The van der Waals surface area contributed by atoms with Crippen molar-refractivity contribution in [3.8, 4) is 0 Å². The van der Waals surface area contributed by atoms with Crippen molar-refractivity contribution in [3.63, 3.8) is 0 Å². The number of piperazine rings is 1. The summed E-state index contributed by atoms with van der Waals surface area (Å²) in [5.41, 5.74) is 4.53. The third-order valence-corrected chi connectivity index (χ3v) is 9.00. The lowest BCUT2D eigenvalue weighted by Crippen LogP contribution is -2.54. The number of carbonyl (C=O) groups is 2. The molecule has 0 aliphatic carbocycles. The number of rotatable bonds is 4. The fraction of sp³-hybridized carbons (Fsp3) is 0.375. The number of hydrogen-bond donors (Lipinski definition) is 0. The molecule has 1 amide bonds. The summed E-state index contributed by atoms with van der Waals surface area (Å²) in [4.78, 5) is 43.0. The highest BCUT2D eigenvalue weighted by Crippen LogP contribution is 2.56. The number of anilines is 2. The summed E-state index contributed by atoms with van der Waals surface area (Å²) < 4.78 is 0. The Kier molecular flexibility index (Phi) is 6.35. The molecule has 0 bridgehead atoms. The molecule has 40 heavy (non-hydrogen) atoms. The number of nitrogens with zero attached hydrogens (tertiary/aromatic N) is 5. The molecule has 0 saturated carbocycles. The number of amides is 1. The average molecular weight is 556 g/mol. The third-order valence-electron chi connectivity index (χ3n) is 8.74. The van der Waals surface area contributed by atoms with Crippen LogP contribution in [-0.4, -0.2) is 65.3 Å². The lowest BCUT2D eigenvalue weighted by molar-refractivity contribution is -0.114. The molecule has 1 aromatic heterocycles. The lowest BCUT2D eigenvalue weighted by Gasteiger charge is -2.49. The summed E-state index contributed by atoms with van der Waals surface area (Å²) in [5, 5.41) is 0.692. The maximum absolute atomic E-state index is 14.0. The SMILES string of the molecule is Cc1nc(N2CCN(C)CC2)ncc1C(=O)C=C1C(=O)N2c3c1cccc3C(C)(c1ccc(Cl)cc1)CC2(C)C. The van der Waals surface area contributed by atoms with Crippen LogP contribution in [0.4, 0.5) is 11.6 Å². The molecule has 6 rings (SSSR count). The van der Waals surface area contributed by atoms with E-state index in [9.17, 15) is 9.59 Å². The van der Waals surface area contributed by atoms with Gasteiger partial charge in [-0.1, -0.05) is 48.9 Å². The standard InChI is InChI=1S/C32H34ClN5O2/c1-20-25(18-34-30(35-20)37-15-13-36(5)14-16-37)27(39)17-24-23-7-6-8-26-28(23)38(29(24)40)31(2,3)19-32(26,4)21-9-11-22(33)12-10-21/h6-12,17-18H,13-16,19H2,1-5H3. The minimum atomic E-state index is -0.476. The van der Waals surface area contributed by atoms with Gasteiger partial charge in [-0.25, -0.2) is 9.97 Å². The van der Waals surface area contributed by atoms with E-state index in [4.69, 9.17) is 11.6 Å². The second kappa shape index (κ2) is 9.53. The van der Waals surface area contributed by atoms with Crippen LogP contribution in [0.3, 0.4) is 0 Å². The van der Waals surface area contributed by atoms with Crippen LogP contribution in [0.2, 0.25) is 5.02 Å². The Bertz CT molecular complexity index is 1560. The molecule has 7 nitrogen and oxygen atoms in total. The van der Waals surface area contributed by atoms with E-state index in [2.05, 4.69) is 65.8 Å². The van der Waals surface area contributed by atoms with E-state index >= 15 is 0 Å². The first-order chi connectivity index (χ1) is 19.0. The topological polar surface area (TPSA) is 69.6 Å². The van der Waals surface area contributed by atoms with Gasteiger partial charge in [0.05, 0.1) is 22.5 Å². The van der Waals surface area contributed by atoms with Crippen molar-refractivity contribution in [3.05, 3.63) is 87.7 Å². The number of benzene rings is 2. The van der Waals surface area contributed by atoms with Crippen LogP contribution in [0.1, 0.15) is 59.9 Å². The average Bonchev–Trinajstić information content (AvgIpc) is 3.20. The summed E-state index contributed by atoms with van der Waals surface area (Å²) in [6.45, 7) is 11.8. The smallest absolute Gasteiger partial charge is 0.259 e. The van der Waals surface area contributed by atoms with E-state index in [0.29, 0.717) is 27.8 Å². The van der Waals surface area contributed by atoms with Crippen molar-refractivity contribution in [2.75, 3.05) is 43.0 Å². The second-order valence-corrected chi connectivity index (χ2v) is 12.5. The van der Waals surface area contributed by atoms with Gasteiger partial charge in [-0.3, -0.25) is 9.59 Å². The molecular formula is C32H34ClN5O2. The predicted molar refractivity (Wildman–Crippen MR) is 159 cm³/mol. The number of allylic oxidation sites excluding steroid dienone is 1. The quantitative estimate of drug-likeness (QED) is 0.322. The Labute approximate surface area is 240 Å². The van der Waals surface area contributed by atoms with E-state index in [-0.39, 0.29) is 17.1 Å². The zero-order chi connectivity index (χ0) is 28.4. The van der Waals surface area contributed by atoms with Crippen LogP contribution < -0.4 is 9.80 Å². The maximum Gasteiger partial charge on any atom is 0.259 e. The fourth-order valence-electron chi connectivity index (χ4n) is 6.68. The predicted octanol–water partition coefficient (Wildman–Crippen LogP) is 5.29. The van der Waals surface area contributed by atoms with Crippen LogP contribution in [0, 0.1) is 6.92 Å². The number of carbonyl (C=O) groups excluding carboxylic acids is 2. The molecule has 4 heterocycles. The molecule has 1 fully saturated rings. The summed E-state index contributed by atoms with van der Waals surface area (Å²) in [6.07, 6.45) is 3.81. The molecule has 0 spiro atoms.